The van der Waals surface area contributed by atoms with Crippen molar-refractivity contribution in [3.63, 3.8) is 0 Å². The van der Waals surface area contributed by atoms with Gasteiger partial charge in [-0.05, 0) is 37.4 Å². The number of hydrogen-bond acceptors (Lipinski definition) is 7. The minimum Gasteiger partial charge on any atom is -0.486 e. The number of ether oxygens (including phenoxy) is 2. The number of thiazole rings is 1. The van der Waals surface area contributed by atoms with Crippen LogP contribution >= 0.6 is 23.7 Å². The van der Waals surface area contributed by atoms with Crippen LogP contribution in [0.5, 0.6) is 11.5 Å². The molecule has 1 aliphatic heterocycles. The highest BCUT2D eigenvalue weighted by molar-refractivity contribution is 7.22. The van der Waals surface area contributed by atoms with Crippen LogP contribution in [0.15, 0.2) is 36.4 Å². The lowest BCUT2D eigenvalue weighted by molar-refractivity contribution is 0.0984. The van der Waals surface area contributed by atoms with E-state index in [1.165, 1.54) is 11.3 Å². The Morgan fingerprint density at radius 3 is 2.24 bits per heavy atom. The van der Waals surface area contributed by atoms with Crippen molar-refractivity contribution in [2.75, 3.05) is 63.3 Å². The molecule has 1 aromatic heterocycles. The lowest BCUT2D eigenvalue weighted by Gasteiger charge is -2.25. The van der Waals surface area contributed by atoms with E-state index in [0.29, 0.717) is 36.2 Å². The van der Waals surface area contributed by atoms with Crippen LogP contribution in [0.2, 0.25) is 0 Å². The molecule has 7 nitrogen and oxygen atoms in total. The number of amides is 1. The average Bonchev–Trinajstić information content (AvgIpc) is 3.22. The zero-order chi connectivity index (χ0) is 22.7. The molecule has 2 heterocycles. The first-order valence-corrected chi connectivity index (χ1v) is 11.8. The van der Waals surface area contributed by atoms with Gasteiger partial charge < -0.3 is 19.3 Å². The normalized spacial score (nSPS) is 12.5. The van der Waals surface area contributed by atoms with E-state index in [0.717, 1.165) is 41.3 Å². The molecule has 0 bridgehead atoms. The van der Waals surface area contributed by atoms with Gasteiger partial charge in [-0.25, -0.2) is 4.98 Å². The Morgan fingerprint density at radius 1 is 1.00 bits per heavy atom. The van der Waals surface area contributed by atoms with Crippen molar-refractivity contribution in [2.45, 2.75) is 13.8 Å². The number of anilines is 2. The molecule has 33 heavy (non-hydrogen) atoms. The maximum atomic E-state index is 13.6. The summed E-state index contributed by atoms with van der Waals surface area (Å²) in [6.07, 6.45) is 0. The third-order valence-electron chi connectivity index (χ3n) is 5.68. The standard InChI is InChI=1S/C24H30N4O3S.ClH/c1-5-27(6-2)11-12-28(23(29)17-7-9-18(10-8-17)26(3)4)24-25-19-15-20-21(16-22(19)32-24)31-14-13-30-20;/h7-10,15-16H,5-6,11-14H2,1-4H3;1H. The van der Waals surface area contributed by atoms with Crippen molar-refractivity contribution in [3.05, 3.63) is 42.0 Å². The molecule has 3 aromatic rings. The molecular weight excluding hydrogens is 460 g/mol. The van der Waals surface area contributed by atoms with Crippen LogP contribution in [0, 0.1) is 0 Å². The zero-order valence-corrected chi connectivity index (χ0v) is 21.2. The van der Waals surface area contributed by atoms with E-state index < -0.39 is 0 Å². The second-order valence-corrected chi connectivity index (χ2v) is 8.89. The molecule has 0 aliphatic carbocycles. The van der Waals surface area contributed by atoms with Gasteiger partial charge in [-0.1, -0.05) is 25.2 Å². The van der Waals surface area contributed by atoms with Crippen LogP contribution < -0.4 is 19.3 Å². The van der Waals surface area contributed by atoms with Crippen LogP contribution in [-0.4, -0.2) is 69.3 Å². The van der Waals surface area contributed by atoms with E-state index in [1.807, 2.05) is 55.4 Å². The number of halogens is 1. The van der Waals surface area contributed by atoms with Crippen LogP contribution in [-0.2, 0) is 0 Å². The van der Waals surface area contributed by atoms with Gasteiger partial charge in [0, 0.05) is 50.6 Å². The topological polar surface area (TPSA) is 58.1 Å². The molecule has 0 radical (unpaired) electrons. The predicted octanol–water partition coefficient (Wildman–Crippen LogP) is 4.54. The molecule has 1 aliphatic rings. The van der Waals surface area contributed by atoms with Crippen molar-refractivity contribution >= 4 is 50.7 Å². The van der Waals surface area contributed by atoms with Crippen LogP contribution in [0.1, 0.15) is 24.2 Å². The molecule has 0 saturated carbocycles. The summed E-state index contributed by atoms with van der Waals surface area (Å²) in [5.41, 5.74) is 2.53. The van der Waals surface area contributed by atoms with Crippen LogP contribution in [0.3, 0.4) is 0 Å². The van der Waals surface area contributed by atoms with Crippen molar-refractivity contribution in [3.8, 4) is 11.5 Å². The maximum Gasteiger partial charge on any atom is 0.260 e. The smallest absolute Gasteiger partial charge is 0.260 e. The van der Waals surface area contributed by atoms with Crippen molar-refractivity contribution in [1.82, 2.24) is 9.88 Å². The van der Waals surface area contributed by atoms with Crippen molar-refractivity contribution < 1.29 is 14.3 Å². The monoisotopic (exact) mass is 490 g/mol. The quantitative estimate of drug-likeness (QED) is 0.462. The molecule has 9 heteroatoms. The second kappa shape index (κ2) is 11.0. The summed E-state index contributed by atoms with van der Waals surface area (Å²) in [5.74, 6) is 1.40. The lowest BCUT2D eigenvalue weighted by atomic mass is 10.1. The third-order valence-corrected chi connectivity index (χ3v) is 6.72. The Labute approximate surface area is 205 Å². The number of benzene rings is 2. The largest absolute Gasteiger partial charge is 0.486 e. The number of aromatic nitrogens is 1. The van der Waals surface area contributed by atoms with Gasteiger partial charge >= 0.3 is 0 Å². The van der Waals surface area contributed by atoms with Gasteiger partial charge in [0.05, 0.1) is 10.2 Å². The summed E-state index contributed by atoms with van der Waals surface area (Å²) >= 11 is 1.51. The third kappa shape index (κ3) is 5.51. The summed E-state index contributed by atoms with van der Waals surface area (Å²) < 4.78 is 12.4. The molecule has 4 rings (SSSR count). The minimum absolute atomic E-state index is 0. The summed E-state index contributed by atoms with van der Waals surface area (Å²) in [4.78, 5) is 24.5. The van der Waals surface area contributed by atoms with Crippen LogP contribution in [0.25, 0.3) is 10.2 Å². The zero-order valence-electron chi connectivity index (χ0n) is 19.5. The Bertz CT molecular complexity index is 1040. The summed E-state index contributed by atoms with van der Waals surface area (Å²) in [6.45, 7) is 8.59. The summed E-state index contributed by atoms with van der Waals surface area (Å²) in [5, 5.41) is 0.691. The molecule has 178 valence electrons. The highest BCUT2D eigenvalue weighted by Gasteiger charge is 2.23. The molecule has 0 unspecified atom stereocenters. The van der Waals surface area contributed by atoms with Crippen LogP contribution in [0.4, 0.5) is 10.8 Å². The van der Waals surface area contributed by atoms with Crippen molar-refractivity contribution in [2.24, 2.45) is 0 Å². The number of nitrogens with zero attached hydrogens (tertiary/aromatic N) is 4. The number of carbonyl (C=O) groups excluding carboxylic acids is 1. The van der Waals surface area contributed by atoms with Gasteiger partial charge in [0.25, 0.3) is 5.91 Å². The van der Waals surface area contributed by atoms with Gasteiger partial charge in [0.1, 0.15) is 13.2 Å². The molecule has 0 saturated heterocycles. The Kier molecular flexibility index (Phi) is 8.40. The highest BCUT2D eigenvalue weighted by Crippen LogP contribution is 2.39. The second-order valence-electron chi connectivity index (χ2n) is 7.89. The number of rotatable bonds is 8. The van der Waals surface area contributed by atoms with Gasteiger partial charge in [0.2, 0.25) is 0 Å². The number of likely N-dealkylation sites (N-methyl/N-ethyl adjacent to an activating group) is 1. The fourth-order valence-electron chi connectivity index (χ4n) is 3.69. The van der Waals surface area contributed by atoms with E-state index >= 15 is 0 Å². The van der Waals surface area contributed by atoms with E-state index in [-0.39, 0.29) is 18.3 Å². The average molecular weight is 491 g/mol. The number of fused-ring (bicyclic) bond motifs is 2. The van der Waals surface area contributed by atoms with Gasteiger partial charge in [-0.2, -0.15) is 0 Å². The number of carbonyl (C=O) groups is 1. The molecule has 0 fully saturated rings. The molecular formula is C24H31ClN4O3S. The predicted molar refractivity (Wildman–Crippen MR) is 138 cm³/mol. The fourth-order valence-corrected chi connectivity index (χ4v) is 4.69. The molecule has 2 aromatic carbocycles. The first-order valence-electron chi connectivity index (χ1n) is 11.0. The number of hydrogen-bond donors (Lipinski definition) is 0. The minimum atomic E-state index is -0.0428. The van der Waals surface area contributed by atoms with Crippen molar-refractivity contribution in [1.29, 1.82) is 0 Å². The Morgan fingerprint density at radius 2 is 1.64 bits per heavy atom. The van der Waals surface area contributed by atoms with Gasteiger partial charge in [-0.15, -0.1) is 12.4 Å². The lowest BCUT2D eigenvalue weighted by Crippen LogP contribution is -2.38. The first-order chi connectivity index (χ1) is 15.5. The Hall–Kier alpha value is -2.55. The van der Waals surface area contributed by atoms with E-state index in [1.54, 1.807) is 4.90 Å². The van der Waals surface area contributed by atoms with Gasteiger partial charge in [-0.3, -0.25) is 9.69 Å². The fraction of sp³-hybridized carbons (Fsp3) is 0.417. The molecule has 1 amide bonds. The molecule has 0 spiro atoms. The molecule has 0 atom stereocenters. The highest BCUT2D eigenvalue weighted by atomic mass is 35.5. The van der Waals surface area contributed by atoms with E-state index in [4.69, 9.17) is 14.5 Å². The van der Waals surface area contributed by atoms with E-state index in [2.05, 4.69) is 18.7 Å². The summed E-state index contributed by atoms with van der Waals surface area (Å²) in [7, 11) is 3.97. The SMILES string of the molecule is CCN(CC)CCN(C(=O)c1ccc(N(C)C)cc1)c1nc2cc3c(cc2s1)OCCO3.Cl. The molecule has 0 N–H and O–H groups in total. The maximum absolute atomic E-state index is 13.6. The van der Waals surface area contributed by atoms with E-state index in [9.17, 15) is 4.79 Å². The van der Waals surface area contributed by atoms with Gasteiger partial charge in [0.15, 0.2) is 16.6 Å². The summed E-state index contributed by atoms with van der Waals surface area (Å²) in [6, 6.07) is 11.6. The Balaban J connectivity index is 0.00000306. The first kappa shape index (κ1) is 25.1.